The lowest BCUT2D eigenvalue weighted by Gasteiger charge is -2.34. The van der Waals surface area contributed by atoms with Crippen LogP contribution in [0, 0.1) is 0 Å². The maximum Gasteiger partial charge on any atom is 0.227 e. The number of amides is 1. The molecule has 14 heavy (non-hydrogen) atoms. The van der Waals surface area contributed by atoms with Crippen molar-refractivity contribution in [2.75, 3.05) is 13.2 Å². The van der Waals surface area contributed by atoms with Crippen molar-refractivity contribution in [1.82, 2.24) is 5.32 Å². The lowest BCUT2D eigenvalue weighted by molar-refractivity contribution is -0.123. The molecular weight excluding hydrogens is 200 g/mol. The fraction of sp³-hybridized carbons (Fsp3) is 0.778. The van der Waals surface area contributed by atoms with Gasteiger partial charge in [0.1, 0.15) is 0 Å². The topological polar surface area (TPSA) is 64.4 Å². The van der Waals surface area contributed by atoms with E-state index in [1.54, 1.807) is 0 Å². The highest BCUT2D eigenvalue weighted by Crippen LogP contribution is 2.18. The molecule has 0 aliphatic carbocycles. The summed E-state index contributed by atoms with van der Waals surface area (Å²) in [6, 6.07) is 0. The van der Waals surface area contributed by atoms with Crippen LogP contribution in [0.25, 0.3) is 0 Å². The first-order valence-electron chi connectivity index (χ1n) is 4.69. The number of nitrogens with one attached hydrogen (secondary N) is 1. The quantitative estimate of drug-likeness (QED) is 0.668. The molecule has 5 heteroatoms. The zero-order valence-electron chi connectivity index (χ0n) is 8.34. The smallest absolute Gasteiger partial charge is 0.227 e. The van der Waals surface area contributed by atoms with Gasteiger partial charge in [-0.05, 0) is 19.8 Å². The van der Waals surface area contributed by atoms with Crippen LogP contribution in [0.15, 0.2) is 0 Å². The number of hydrogen-bond acceptors (Lipinski definition) is 3. The average Bonchev–Trinajstić information content (AvgIpc) is 2.02. The summed E-state index contributed by atoms with van der Waals surface area (Å²) in [6.07, 6.45) is 2.03. The third-order valence-electron chi connectivity index (χ3n) is 2.21. The van der Waals surface area contributed by atoms with Crippen molar-refractivity contribution in [3.8, 4) is 0 Å². The van der Waals surface area contributed by atoms with Gasteiger partial charge in [0.05, 0.1) is 23.6 Å². The molecule has 1 aliphatic rings. The Hall–Kier alpha value is -0.680. The van der Waals surface area contributed by atoms with Gasteiger partial charge in [-0.2, -0.15) is 0 Å². The normalized spacial score (nSPS) is 26.9. The van der Waals surface area contributed by atoms with Gasteiger partial charge in [-0.15, -0.1) is 0 Å². The Kier molecular flexibility index (Phi) is 3.83. The predicted octanol–water partition coefficient (Wildman–Crippen LogP) is 0.348. The van der Waals surface area contributed by atoms with Gasteiger partial charge in [0.15, 0.2) is 0 Å². The number of thiocarbonyl (C=S) groups is 1. The molecule has 1 heterocycles. The van der Waals surface area contributed by atoms with E-state index < -0.39 is 0 Å². The van der Waals surface area contributed by atoms with Crippen LogP contribution in [0.3, 0.4) is 0 Å². The van der Waals surface area contributed by atoms with Crippen LogP contribution in [0.5, 0.6) is 0 Å². The second kappa shape index (κ2) is 4.70. The van der Waals surface area contributed by atoms with Crippen LogP contribution in [0.4, 0.5) is 0 Å². The Bertz CT molecular complexity index is 237. The summed E-state index contributed by atoms with van der Waals surface area (Å²) in [4.78, 5) is 11.6. The SMILES string of the molecule is CC1(NC(=O)CC(N)=S)CCCOC1. The van der Waals surface area contributed by atoms with E-state index in [1.807, 2.05) is 6.92 Å². The number of hydrogen-bond donors (Lipinski definition) is 2. The number of carbonyl (C=O) groups excluding carboxylic acids is 1. The highest BCUT2D eigenvalue weighted by molar-refractivity contribution is 7.80. The van der Waals surface area contributed by atoms with Crippen LogP contribution in [0.2, 0.25) is 0 Å². The molecule has 0 bridgehead atoms. The summed E-state index contributed by atoms with van der Waals surface area (Å²) in [5.74, 6) is -0.120. The molecule has 1 amide bonds. The van der Waals surface area contributed by atoms with Crippen molar-refractivity contribution in [3.63, 3.8) is 0 Å². The molecule has 0 aromatic carbocycles. The number of carbonyl (C=O) groups is 1. The molecule has 0 aromatic heterocycles. The largest absolute Gasteiger partial charge is 0.393 e. The van der Waals surface area contributed by atoms with Gasteiger partial charge in [-0.3, -0.25) is 4.79 Å². The third-order valence-corrected chi connectivity index (χ3v) is 2.36. The molecular formula is C9H16N2O2S. The van der Waals surface area contributed by atoms with Gasteiger partial charge in [0.2, 0.25) is 5.91 Å². The summed E-state index contributed by atoms with van der Waals surface area (Å²) in [5, 5.41) is 2.90. The standard InChI is InChI=1S/C9H16N2O2S/c1-9(3-2-4-13-6-9)11-8(12)5-7(10)14/h2-6H2,1H3,(H2,10,14)(H,11,12). The lowest BCUT2D eigenvalue weighted by Crippen LogP contribution is -2.52. The fourth-order valence-electron chi connectivity index (χ4n) is 1.57. The van der Waals surface area contributed by atoms with Crippen LogP contribution >= 0.6 is 12.2 Å². The first-order chi connectivity index (χ1) is 6.52. The zero-order valence-corrected chi connectivity index (χ0v) is 9.15. The van der Waals surface area contributed by atoms with E-state index in [2.05, 4.69) is 17.5 Å². The van der Waals surface area contributed by atoms with E-state index in [0.717, 1.165) is 19.4 Å². The zero-order chi connectivity index (χ0) is 10.6. The van der Waals surface area contributed by atoms with E-state index in [9.17, 15) is 4.79 Å². The first-order valence-corrected chi connectivity index (χ1v) is 5.10. The van der Waals surface area contributed by atoms with E-state index in [4.69, 9.17) is 10.5 Å². The van der Waals surface area contributed by atoms with Gasteiger partial charge in [0, 0.05) is 6.61 Å². The maximum atomic E-state index is 11.4. The van der Waals surface area contributed by atoms with Gasteiger partial charge in [-0.25, -0.2) is 0 Å². The second-order valence-corrected chi connectivity index (χ2v) is 4.43. The molecule has 0 radical (unpaired) electrons. The summed E-state index contributed by atoms with van der Waals surface area (Å²) in [7, 11) is 0. The Balaban J connectivity index is 2.41. The Morgan fingerprint density at radius 2 is 2.43 bits per heavy atom. The van der Waals surface area contributed by atoms with E-state index in [0.29, 0.717) is 6.61 Å². The summed E-state index contributed by atoms with van der Waals surface area (Å²) in [5.41, 5.74) is 5.03. The minimum absolute atomic E-state index is 0.116. The number of nitrogens with two attached hydrogens (primary N) is 1. The lowest BCUT2D eigenvalue weighted by atomic mass is 9.95. The molecule has 0 aromatic rings. The summed E-state index contributed by atoms with van der Waals surface area (Å²) in [6.45, 7) is 3.32. The maximum absolute atomic E-state index is 11.4. The molecule has 1 rings (SSSR count). The Morgan fingerprint density at radius 1 is 1.71 bits per heavy atom. The highest BCUT2D eigenvalue weighted by Gasteiger charge is 2.29. The van der Waals surface area contributed by atoms with Crippen LogP contribution in [-0.2, 0) is 9.53 Å². The molecule has 4 nitrogen and oxygen atoms in total. The van der Waals surface area contributed by atoms with Gasteiger partial charge in [0.25, 0.3) is 0 Å². The van der Waals surface area contributed by atoms with Crippen molar-refractivity contribution in [1.29, 1.82) is 0 Å². The number of ether oxygens (including phenoxy) is 1. The predicted molar refractivity (Wildman–Crippen MR) is 58.0 cm³/mol. The van der Waals surface area contributed by atoms with E-state index in [1.165, 1.54) is 0 Å². The van der Waals surface area contributed by atoms with Crippen LogP contribution in [0.1, 0.15) is 26.2 Å². The molecule has 3 N–H and O–H groups in total. The fourth-order valence-corrected chi connectivity index (χ4v) is 1.70. The summed E-state index contributed by atoms with van der Waals surface area (Å²) >= 11 is 4.66. The van der Waals surface area contributed by atoms with E-state index in [-0.39, 0.29) is 22.9 Å². The minimum Gasteiger partial charge on any atom is -0.393 e. The average molecular weight is 216 g/mol. The van der Waals surface area contributed by atoms with Crippen LogP contribution < -0.4 is 11.1 Å². The second-order valence-electron chi connectivity index (χ2n) is 3.91. The first kappa shape index (κ1) is 11.4. The summed E-state index contributed by atoms with van der Waals surface area (Å²) < 4.78 is 5.31. The van der Waals surface area contributed by atoms with Crippen molar-refractivity contribution >= 4 is 23.1 Å². The minimum atomic E-state index is -0.250. The van der Waals surface area contributed by atoms with Crippen molar-refractivity contribution < 1.29 is 9.53 Å². The molecule has 1 saturated heterocycles. The third kappa shape index (κ3) is 3.59. The molecule has 1 atom stereocenters. The van der Waals surface area contributed by atoms with Crippen LogP contribution in [-0.4, -0.2) is 29.6 Å². The van der Waals surface area contributed by atoms with Crippen molar-refractivity contribution in [2.45, 2.75) is 31.7 Å². The monoisotopic (exact) mass is 216 g/mol. The molecule has 0 saturated carbocycles. The van der Waals surface area contributed by atoms with E-state index >= 15 is 0 Å². The van der Waals surface area contributed by atoms with Crippen molar-refractivity contribution in [2.24, 2.45) is 5.73 Å². The Labute approximate surface area is 89.2 Å². The van der Waals surface area contributed by atoms with Gasteiger partial charge < -0.3 is 15.8 Å². The van der Waals surface area contributed by atoms with Gasteiger partial charge in [-0.1, -0.05) is 12.2 Å². The molecule has 80 valence electrons. The van der Waals surface area contributed by atoms with Crippen molar-refractivity contribution in [3.05, 3.63) is 0 Å². The molecule has 1 aliphatic heterocycles. The molecule has 0 spiro atoms. The molecule has 1 fully saturated rings. The highest BCUT2D eigenvalue weighted by atomic mass is 32.1. The van der Waals surface area contributed by atoms with Gasteiger partial charge >= 0.3 is 0 Å². The molecule has 1 unspecified atom stereocenters. The Morgan fingerprint density at radius 3 is 2.93 bits per heavy atom. The number of rotatable bonds is 3.